The predicted molar refractivity (Wildman–Crippen MR) is 87.4 cm³/mol. The zero-order valence-corrected chi connectivity index (χ0v) is 12.9. The molecule has 0 aliphatic heterocycles. The van der Waals surface area contributed by atoms with Gasteiger partial charge in [-0.1, -0.05) is 30.3 Å². The van der Waals surface area contributed by atoms with Crippen LogP contribution in [-0.2, 0) is 11.2 Å². The largest absolute Gasteiger partial charge is 0.370 e. The molecule has 0 aromatic heterocycles. The molecule has 0 radical (unpaired) electrons. The van der Waals surface area contributed by atoms with Crippen molar-refractivity contribution in [3.63, 3.8) is 0 Å². The predicted octanol–water partition coefficient (Wildman–Crippen LogP) is 3.01. The third-order valence-electron chi connectivity index (χ3n) is 3.67. The number of rotatable bonds is 6. The Morgan fingerprint density at radius 3 is 2.59 bits per heavy atom. The molecule has 0 heterocycles. The number of amides is 1. The Morgan fingerprint density at radius 2 is 1.91 bits per heavy atom. The SMILES string of the molecule is CC(CNC(=O)Cc1cccc(F)c1)N(C)c1ccccc1. The minimum Gasteiger partial charge on any atom is -0.370 e. The second kappa shape index (κ2) is 7.59. The summed E-state index contributed by atoms with van der Waals surface area (Å²) in [6, 6.07) is 16.3. The van der Waals surface area contributed by atoms with Gasteiger partial charge in [0.2, 0.25) is 5.91 Å². The highest BCUT2D eigenvalue weighted by atomic mass is 19.1. The van der Waals surface area contributed by atoms with Gasteiger partial charge < -0.3 is 10.2 Å². The van der Waals surface area contributed by atoms with Gasteiger partial charge in [0.25, 0.3) is 0 Å². The second-order valence-electron chi connectivity index (χ2n) is 5.41. The summed E-state index contributed by atoms with van der Waals surface area (Å²) in [5, 5.41) is 2.90. The van der Waals surface area contributed by atoms with Gasteiger partial charge in [-0.15, -0.1) is 0 Å². The lowest BCUT2D eigenvalue weighted by Gasteiger charge is -2.27. The van der Waals surface area contributed by atoms with E-state index in [1.807, 2.05) is 37.4 Å². The Balaban J connectivity index is 1.83. The summed E-state index contributed by atoms with van der Waals surface area (Å²) in [4.78, 5) is 14.0. The van der Waals surface area contributed by atoms with Gasteiger partial charge in [0.05, 0.1) is 6.42 Å². The third-order valence-corrected chi connectivity index (χ3v) is 3.67. The summed E-state index contributed by atoms with van der Waals surface area (Å²) in [5.41, 5.74) is 1.79. The van der Waals surface area contributed by atoms with Crippen LogP contribution < -0.4 is 10.2 Å². The first-order chi connectivity index (χ1) is 10.6. The van der Waals surface area contributed by atoms with Crippen molar-refractivity contribution in [2.24, 2.45) is 0 Å². The highest BCUT2D eigenvalue weighted by molar-refractivity contribution is 5.78. The Labute approximate surface area is 130 Å². The number of benzene rings is 2. The summed E-state index contributed by atoms with van der Waals surface area (Å²) >= 11 is 0. The van der Waals surface area contributed by atoms with Crippen LogP contribution in [0.15, 0.2) is 54.6 Å². The number of carbonyl (C=O) groups excluding carboxylic acids is 1. The molecule has 0 spiro atoms. The molecule has 4 heteroatoms. The normalized spacial score (nSPS) is 11.8. The van der Waals surface area contributed by atoms with E-state index in [0.29, 0.717) is 12.1 Å². The molecule has 1 atom stereocenters. The van der Waals surface area contributed by atoms with E-state index < -0.39 is 0 Å². The van der Waals surface area contributed by atoms with Crippen molar-refractivity contribution in [3.8, 4) is 0 Å². The molecule has 0 saturated carbocycles. The van der Waals surface area contributed by atoms with Gasteiger partial charge in [-0.3, -0.25) is 4.79 Å². The zero-order chi connectivity index (χ0) is 15.9. The highest BCUT2D eigenvalue weighted by Gasteiger charge is 2.11. The fraction of sp³-hybridized carbons (Fsp3) is 0.278. The highest BCUT2D eigenvalue weighted by Crippen LogP contribution is 2.13. The van der Waals surface area contributed by atoms with Crippen molar-refractivity contribution in [2.75, 3.05) is 18.5 Å². The molecule has 0 aliphatic carbocycles. The van der Waals surface area contributed by atoms with Crippen LogP contribution in [0.5, 0.6) is 0 Å². The second-order valence-corrected chi connectivity index (χ2v) is 5.41. The number of nitrogens with one attached hydrogen (secondary N) is 1. The number of hydrogen-bond donors (Lipinski definition) is 1. The van der Waals surface area contributed by atoms with E-state index in [-0.39, 0.29) is 24.2 Å². The maximum atomic E-state index is 13.1. The van der Waals surface area contributed by atoms with E-state index in [1.165, 1.54) is 12.1 Å². The summed E-state index contributed by atoms with van der Waals surface area (Å²) in [6.45, 7) is 2.59. The first-order valence-corrected chi connectivity index (χ1v) is 7.35. The number of hydrogen-bond acceptors (Lipinski definition) is 2. The number of nitrogens with zero attached hydrogens (tertiary/aromatic N) is 1. The standard InChI is InChI=1S/C18H21FN2O/c1-14(21(2)17-9-4-3-5-10-17)13-20-18(22)12-15-7-6-8-16(19)11-15/h3-11,14H,12-13H2,1-2H3,(H,20,22). The van der Waals surface area contributed by atoms with Crippen LogP contribution in [0.3, 0.4) is 0 Å². The third kappa shape index (κ3) is 4.58. The van der Waals surface area contributed by atoms with Crippen LogP contribution in [0.25, 0.3) is 0 Å². The van der Waals surface area contributed by atoms with Crippen molar-refractivity contribution < 1.29 is 9.18 Å². The number of carbonyl (C=O) groups is 1. The number of halogens is 1. The Morgan fingerprint density at radius 1 is 1.18 bits per heavy atom. The van der Waals surface area contributed by atoms with Crippen molar-refractivity contribution in [1.82, 2.24) is 5.32 Å². The Bertz CT molecular complexity index is 615. The fourth-order valence-corrected chi connectivity index (χ4v) is 2.21. The minimum atomic E-state index is -0.317. The van der Waals surface area contributed by atoms with Crippen LogP contribution in [0, 0.1) is 5.82 Å². The molecule has 1 amide bonds. The summed E-state index contributed by atoms with van der Waals surface area (Å²) < 4.78 is 13.1. The average molecular weight is 300 g/mol. The number of anilines is 1. The van der Waals surface area contributed by atoms with Gasteiger partial charge in [-0.05, 0) is 36.8 Å². The molecular formula is C18H21FN2O. The molecule has 2 rings (SSSR count). The zero-order valence-electron chi connectivity index (χ0n) is 12.9. The van der Waals surface area contributed by atoms with E-state index in [4.69, 9.17) is 0 Å². The maximum Gasteiger partial charge on any atom is 0.224 e. The van der Waals surface area contributed by atoms with Gasteiger partial charge in [-0.25, -0.2) is 4.39 Å². The molecule has 0 fully saturated rings. The molecule has 22 heavy (non-hydrogen) atoms. The van der Waals surface area contributed by atoms with Crippen LogP contribution in [0.1, 0.15) is 12.5 Å². The topological polar surface area (TPSA) is 32.3 Å². The van der Waals surface area contributed by atoms with Crippen LogP contribution in [0.2, 0.25) is 0 Å². The molecule has 2 aromatic rings. The fourth-order valence-electron chi connectivity index (χ4n) is 2.21. The van der Waals surface area contributed by atoms with Crippen LogP contribution in [0.4, 0.5) is 10.1 Å². The number of para-hydroxylation sites is 1. The quantitative estimate of drug-likeness (QED) is 0.889. The smallest absolute Gasteiger partial charge is 0.224 e. The minimum absolute atomic E-state index is 0.0982. The van der Waals surface area contributed by atoms with E-state index >= 15 is 0 Å². The van der Waals surface area contributed by atoms with Gasteiger partial charge in [-0.2, -0.15) is 0 Å². The van der Waals surface area contributed by atoms with E-state index in [9.17, 15) is 9.18 Å². The van der Waals surface area contributed by atoms with Crippen LogP contribution >= 0.6 is 0 Å². The molecule has 0 bridgehead atoms. The molecule has 2 aromatic carbocycles. The van der Waals surface area contributed by atoms with Gasteiger partial charge >= 0.3 is 0 Å². The van der Waals surface area contributed by atoms with Crippen LogP contribution in [-0.4, -0.2) is 25.5 Å². The van der Waals surface area contributed by atoms with Gasteiger partial charge in [0.1, 0.15) is 5.82 Å². The van der Waals surface area contributed by atoms with Gasteiger partial charge in [0.15, 0.2) is 0 Å². The lowest BCUT2D eigenvalue weighted by Crippen LogP contribution is -2.40. The van der Waals surface area contributed by atoms with E-state index in [0.717, 1.165) is 5.69 Å². The van der Waals surface area contributed by atoms with E-state index in [2.05, 4.69) is 17.1 Å². The molecule has 3 nitrogen and oxygen atoms in total. The van der Waals surface area contributed by atoms with Crippen molar-refractivity contribution in [3.05, 3.63) is 66.0 Å². The molecule has 116 valence electrons. The summed E-state index contributed by atoms with van der Waals surface area (Å²) in [7, 11) is 2.00. The van der Waals surface area contributed by atoms with Crippen molar-refractivity contribution >= 4 is 11.6 Å². The lowest BCUT2D eigenvalue weighted by molar-refractivity contribution is -0.120. The Hall–Kier alpha value is -2.36. The summed E-state index contributed by atoms with van der Waals surface area (Å²) in [6.07, 6.45) is 0.194. The molecule has 1 N–H and O–H groups in total. The molecule has 1 unspecified atom stereocenters. The van der Waals surface area contributed by atoms with E-state index in [1.54, 1.807) is 12.1 Å². The molecule has 0 aliphatic rings. The first-order valence-electron chi connectivity index (χ1n) is 7.35. The first kappa shape index (κ1) is 16.0. The lowest BCUT2D eigenvalue weighted by atomic mass is 10.1. The molecule has 0 saturated heterocycles. The molecular weight excluding hydrogens is 279 g/mol. The van der Waals surface area contributed by atoms with Gasteiger partial charge in [0, 0.05) is 25.3 Å². The average Bonchev–Trinajstić information content (AvgIpc) is 2.52. The maximum absolute atomic E-state index is 13.1. The summed E-state index contributed by atoms with van der Waals surface area (Å²) in [5.74, 6) is -0.415. The van der Waals surface area contributed by atoms with Crippen molar-refractivity contribution in [2.45, 2.75) is 19.4 Å². The Kier molecular flexibility index (Phi) is 5.53. The number of likely N-dealkylation sites (N-methyl/N-ethyl adjacent to an activating group) is 1. The van der Waals surface area contributed by atoms with Crippen molar-refractivity contribution in [1.29, 1.82) is 0 Å². The monoisotopic (exact) mass is 300 g/mol.